The Labute approximate surface area is 76.7 Å². The monoisotopic (exact) mass is 169 g/mol. The first-order valence-electron chi connectivity index (χ1n) is 5.44. The van der Waals surface area contributed by atoms with Crippen LogP contribution in [-0.4, -0.2) is 6.54 Å². The van der Waals surface area contributed by atoms with Gasteiger partial charge in [0.25, 0.3) is 0 Å². The van der Waals surface area contributed by atoms with Crippen molar-refractivity contribution >= 4 is 0 Å². The summed E-state index contributed by atoms with van der Waals surface area (Å²) in [5, 5.41) is 0. The Bertz CT molecular complexity index is 122. The lowest BCUT2D eigenvalue weighted by Crippen LogP contribution is -2.21. The smallest absolute Gasteiger partial charge is 0.00746 e. The van der Waals surface area contributed by atoms with E-state index in [4.69, 9.17) is 5.73 Å². The molecule has 0 bridgehead atoms. The van der Waals surface area contributed by atoms with Crippen LogP contribution in [0.3, 0.4) is 0 Å². The van der Waals surface area contributed by atoms with Gasteiger partial charge in [0.05, 0.1) is 0 Å². The Morgan fingerprint density at radius 1 is 1.42 bits per heavy atom. The predicted molar refractivity (Wildman–Crippen MR) is 54.0 cm³/mol. The zero-order chi connectivity index (χ0) is 8.97. The molecule has 0 saturated heterocycles. The van der Waals surface area contributed by atoms with Crippen LogP contribution in [0.1, 0.15) is 46.0 Å². The molecule has 0 aromatic carbocycles. The summed E-state index contributed by atoms with van der Waals surface area (Å²) in [5.74, 6) is 2.79. The van der Waals surface area contributed by atoms with Gasteiger partial charge in [-0.2, -0.15) is 0 Å². The van der Waals surface area contributed by atoms with Crippen LogP contribution < -0.4 is 5.73 Å². The van der Waals surface area contributed by atoms with Crippen LogP contribution in [0.25, 0.3) is 0 Å². The highest BCUT2D eigenvalue weighted by molar-refractivity contribution is 4.74. The third-order valence-electron chi connectivity index (χ3n) is 3.40. The highest BCUT2D eigenvalue weighted by atomic mass is 14.5. The van der Waals surface area contributed by atoms with E-state index in [2.05, 4.69) is 13.8 Å². The molecule has 1 heteroatoms. The molecule has 0 radical (unpaired) electrons. The molecular weight excluding hydrogens is 146 g/mol. The first kappa shape index (κ1) is 10.0. The molecule has 3 unspecified atom stereocenters. The molecule has 2 N–H and O–H groups in total. The molecule has 0 spiro atoms. The lowest BCUT2D eigenvalue weighted by Gasteiger charge is -2.31. The van der Waals surface area contributed by atoms with Crippen molar-refractivity contribution < 1.29 is 0 Å². The van der Waals surface area contributed by atoms with Crippen molar-refractivity contribution in [2.24, 2.45) is 23.5 Å². The predicted octanol–water partition coefficient (Wildman–Crippen LogP) is 2.80. The molecule has 0 aromatic rings. The first-order valence-corrected chi connectivity index (χ1v) is 5.44. The number of hydrogen-bond acceptors (Lipinski definition) is 1. The minimum absolute atomic E-state index is 0.859. The molecule has 72 valence electrons. The summed E-state index contributed by atoms with van der Waals surface area (Å²) in [6, 6.07) is 0. The van der Waals surface area contributed by atoms with Gasteiger partial charge >= 0.3 is 0 Å². The number of rotatable bonds is 3. The van der Waals surface area contributed by atoms with E-state index in [-0.39, 0.29) is 0 Å². The van der Waals surface area contributed by atoms with Gasteiger partial charge in [0.15, 0.2) is 0 Å². The zero-order valence-corrected chi connectivity index (χ0v) is 8.55. The second-order valence-electron chi connectivity index (χ2n) is 4.59. The summed E-state index contributed by atoms with van der Waals surface area (Å²) in [6.45, 7) is 5.63. The van der Waals surface area contributed by atoms with Crippen LogP contribution in [0.15, 0.2) is 0 Å². The van der Waals surface area contributed by atoms with Gasteiger partial charge < -0.3 is 5.73 Å². The largest absolute Gasteiger partial charge is 0.330 e. The van der Waals surface area contributed by atoms with Crippen LogP contribution in [0.5, 0.6) is 0 Å². The number of nitrogens with two attached hydrogens (primary N) is 1. The van der Waals surface area contributed by atoms with Gasteiger partial charge in [-0.05, 0) is 37.1 Å². The molecule has 0 aliphatic heterocycles. The zero-order valence-electron chi connectivity index (χ0n) is 8.55. The van der Waals surface area contributed by atoms with Crippen molar-refractivity contribution in [3.63, 3.8) is 0 Å². The van der Waals surface area contributed by atoms with Crippen LogP contribution in [-0.2, 0) is 0 Å². The second kappa shape index (κ2) is 4.86. The van der Waals surface area contributed by atoms with E-state index in [1.165, 1.54) is 32.1 Å². The molecule has 1 saturated carbocycles. The average molecular weight is 169 g/mol. The molecule has 1 aliphatic carbocycles. The highest BCUT2D eigenvalue weighted by Crippen LogP contribution is 2.34. The first-order chi connectivity index (χ1) is 5.74. The van der Waals surface area contributed by atoms with Crippen LogP contribution in [0.4, 0.5) is 0 Å². The van der Waals surface area contributed by atoms with E-state index >= 15 is 0 Å². The summed E-state index contributed by atoms with van der Waals surface area (Å²) in [5.41, 5.74) is 5.57. The maximum atomic E-state index is 5.57. The lowest BCUT2D eigenvalue weighted by atomic mass is 9.75. The molecule has 1 aliphatic rings. The van der Waals surface area contributed by atoms with E-state index in [0.29, 0.717) is 0 Å². The summed E-state index contributed by atoms with van der Waals surface area (Å²) in [6.07, 6.45) is 7.01. The molecule has 3 atom stereocenters. The van der Waals surface area contributed by atoms with Crippen molar-refractivity contribution in [3.8, 4) is 0 Å². The van der Waals surface area contributed by atoms with Gasteiger partial charge in [0, 0.05) is 0 Å². The van der Waals surface area contributed by atoms with Crippen LogP contribution in [0.2, 0.25) is 0 Å². The Morgan fingerprint density at radius 2 is 2.17 bits per heavy atom. The molecule has 1 rings (SSSR count). The molecule has 0 heterocycles. The van der Waals surface area contributed by atoms with E-state index in [1.54, 1.807) is 0 Å². The van der Waals surface area contributed by atoms with E-state index in [0.717, 1.165) is 24.3 Å². The third-order valence-corrected chi connectivity index (χ3v) is 3.40. The van der Waals surface area contributed by atoms with Crippen molar-refractivity contribution in [1.82, 2.24) is 0 Å². The van der Waals surface area contributed by atoms with Gasteiger partial charge in [0.2, 0.25) is 0 Å². The van der Waals surface area contributed by atoms with Gasteiger partial charge in [-0.1, -0.05) is 33.1 Å². The summed E-state index contributed by atoms with van der Waals surface area (Å²) < 4.78 is 0. The molecular formula is C11H23N. The quantitative estimate of drug-likeness (QED) is 0.690. The highest BCUT2D eigenvalue weighted by Gasteiger charge is 2.22. The standard InChI is InChI=1S/C11H23N/c1-9-4-3-5-11(8-9)10(2)6-7-12/h9-11H,3-8,12H2,1-2H3. The Balaban J connectivity index is 2.29. The fourth-order valence-electron chi connectivity index (χ4n) is 2.50. The maximum absolute atomic E-state index is 5.57. The van der Waals surface area contributed by atoms with Gasteiger partial charge in [-0.25, -0.2) is 0 Å². The van der Waals surface area contributed by atoms with E-state index in [1.807, 2.05) is 0 Å². The topological polar surface area (TPSA) is 26.0 Å². The van der Waals surface area contributed by atoms with Gasteiger partial charge in [-0.15, -0.1) is 0 Å². The van der Waals surface area contributed by atoms with Crippen molar-refractivity contribution in [3.05, 3.63) is 0 Å². The molecule has 1 nitrogen and oxygen atoms in total. The molecule has 0 aromatic heterocycles. The fraction of sp³-hybridized carbons (Fsp3) is 1.00. The van der Waals surface area contributed by atoms with Gasteiger partial charge in [0.1, 0.15) is 0 Å². The van der Waals surface area contributed by atoms with E-state index in [9.17, 15) is 0 Å². The van der Waals surface area contributed by atoms with Crippen LogP contribution in [0, 0.1) is 17.8 Å². The molecule has 12 heavy (non-hydrogen) atoms. The molecule has 0 amide bonds. The minimum atomic E-state index is 0.859. The summed E-state index contributed by atoms with van der Waals surface area (Å²) in [7, 11) is 0. The summed E-state index contributed by atoms with van der Waals surface area (Å²) in [4.78, 5) is 0. The molecule has 1 fully saturated rings. The Morgan fingerprint density at radius 3 is 2.75 bits per heavy atom. The lowest BCUT2D eigenvalue weighted by molar-refractivity contribution is 0.209. The van der Waals surface area contributed by atoms with Crippen molar-refractivity contribution in [1.29, 1.82) is 0 Å². The Hall–Kier alpha value is -0.0400. The average Bonchev–Trinajstić information content (AvgIpc) is 2.05. The van der Waals surface area contributed by atoms with Crippen LogP contribution >= 0.6 is 0 Å². The third kappa shape index (κ3) is 2.78. The Kier molecular flexibility index (Phi) is 4.07. The minimum Gasteiger partial charge on any atom is -0.330 e. The second-order valence-corrected chi connectivity index (χ2v) is 4.59. The van der Waals surface area contributed by atoms with Crippen molar-refractivity contribution in [2.75, 3.05) is 6.54 Å². The maximum Gasteiger partial charge on any atom is -0.00746 e. The SMILES string of the molecule is CC1CCCC(C(C)CCN)C1. The van der Waals surface area contributed by atoms with E-state index < -0.39 is 0 Å². The fourth-order valence-corrected chi connectivity index (χ4v) is 2.50. The number of hydrogen-bond donors (Lipinski definition) is 1. The van der Waals surface area contributed by atoms with Gasteiger partial charge in [-0.3, -0.25) is 0 Å². The van der Waals surface area contributed by atoms with Crippen molar-refractivity contribution in [2.45, 2.75) is 46.0 Å². The summed E-state index contributed by atoms with van der Waals surface area (Å²) >= 11 is 0. The normalized spacial score (nSPS) is 33.2.